The van der Waals surface area contributed by atoms with Gasteiger partial charge in [0.2, 0.25) is 5.95 Å². The highest BCUT2D eigenvalue weighted by Crippen LogP contribution is 2.17. The van der Waals surface area contributed by atoms with Gasteiger partial charge in [-0.3, -0.25) is 14.3 Å². The lowest BCUT2D eigenvalue weighted by molar-refractivity contribution is 0.517. The summed E-state index contributed by atoms with van der Waals surface area (Å²) in [6.45, 7) is 3.91. The van der Waals surface area contributed by atoms with Crippen LogP contribution in [0, 0.1) is 0 Å². The quantitative estimate of drug-likeness (QED) is 0.828. The van der Waals surface area contributed by atoms with Crippen LogP contribution in [0.1, 0.15) is 26.3 Å². The molecule has 7 nitrogen and oxygen atoms in total. The van der Waals surface area contributed by atoms with Gasteiger partial charge in [-0.25, -0.2) is 4.79 Å². The van der Waals surface area contributed by atoms with E-state index in [0.29, 0.717) is 17.1 Å². The number of anilines is 1. The Balaban J connectivity index is 2.95. The second-order valence-electron chi connectivity index (χ2n) is 4.30. The molecule has 2 heterocycles. The molecule has 2 rings (SSSR count). The lowest BCUT2D eigenvalue weighted by Gasteiger charge is -2.12. The van der Waals surface area contributed by atoms with Gasteiger partial charge in [0.15, 0.2) is 11.2 Å². The minimum atomic E-state index is -0.414. The number of hydrogen-bond donors (Lipinski definition) is 2. The van der Waals surface area contributed by atoms with Crippen molar-refractivity contribution in [1.82, 2.24) is 19.1 Å². The topological polar surface area (TPSA) is 84.7 Å². The lowest BCUT2D eigenvalue weighted by atomic mass is 10.2. The minimum absolute atomic E-state index is 0.0172. The summed E-state index contributed by atoms with van der Waals surface area (Å²) in [6.07, 6.45) is 0.784. The summed E-state index contributed by atoms with van der Waals surface area (Å²) in [5.74, 6) is 0.554. The van der Waals surface area contributed by atoms with Crippen molar-refractivity contribution in [3.63, 3.8) is 0 Å². The molecule has 7 heteroatoms. The zero-order valence-corrected chi connectivity index (χ0v) is 10.9. The van der Waals surface area contributed by atoms with Crippen LogP contribution in [-0.4, -0.2) is 26.1 Å². The van der Waals surface area contributed by atoms with Gasteiger partial charge in [-0.1, -0.05) is 6.92 Å². The van der Waals surface area contributed by atoms with E-state index in [4.69, 9.17) is 0 Å². The van der Waals surface area contributed by atoms with Crippen LogP contribution in [0.4, 0.5) is 5.95 Å². The highest BCUT2D eigenvalue weighted by molar-refractivity contribution is 5.74. The number of fused-ring (bicyclic) bond motifs is 1. The monoisotopic (exact) mass is 251 g/mol. The Morgan fingerprint density at radius 1 is 1.44 bits per heavy atom. The second kappa shape index (κ2) is 4.32. The van der Waals surface area contributed by atoms with Crippen LogP contribution in [0.3, 0.4) is 0 Å². The third-order valence-corrected chi connectivity index (χ3v) is 3.21. The number of aryl methyl sites for hydroxylation is 1. The number of hydrogen-bond acceptors (Lipinski definition) is 4. The van der Waals surface area contributed by atoms with Crippen molar-refractivity contribution in [2.45, 2.75) is 26.3 Å². The minimum Gasteiger partial charge on any atom is -0.359 e. The number of imidazole rings is 1. The first kappa shape index (κ1) is 12.4. The number of aromatic amines is 1. The van der Waals surface area contributed by atoms with Gasteiger partial charge in [-0.15, -0.1) is 0 Å². The van der Waals surface area contributed by atoms with Crippen LogP contribution >= 0.6 is 0 Å². The maximum Gasteiger partial charge on any atom is 0.330 e. The van der Waals surface area contributed by atoms with Crippen molar-refractivity contribution in [3.05, 3.63) is 20.8 Å². The summed E-state index contributed by atoms with van der Waals surface area (Å²) in [7, 11) is 3.46. The van der Waals surface area contributed by atoms with Crippen molar-refractivity contribution in [3.8, 4) is 0 Å². The summed E-state index contributed by atoms with van der Waals surface area (Å²) < 4.78 is 3.17. The highest BCUT2D eigenvalue weighted by Gasteiger charge is 2.18. The molecule has 0 spiro atoms. The van der Waals surface area contributed by atoms with Crippen LogP contribution in [-0.2, 0) is 7.05 Å². The SMILES string of the molecule is CCC(C)n1c(=O)[nH]c(=O)c2c1nc(NC)n2C. The van der Waals surface area contributed by atoms with E-state index in [-0.39, 0.29) is 6.04 Å². The van der Waals surface area contributed by atoms with Gasteiger partial charge in [0.1, 0.15) is 0 Å². The molecule has 0 aliphatic carbocycles. The summed E-state index contributed by atoms with van der Waals surface area (Å²) in [5, 5.41) is 2.90. The molecular weight excluding hydrogens is 234 g/mol. The summed E-state index contributed by atoms with van der Waals surface area (Å²) in [6, 6.07) is -0.0172. The molecule has 2 N–H and O–H groups in total. The van der Waals surface area contributed by atoms with Crippen molar-refractivity contribution in [1.29, 1.82) is 0 Å². The van der Waals surface area contributed by atoms with E-state index in [1.54, 1.807) is 18.7 Å². The molecule has 0 amide bonds. The smallest absolute Gasteiger partial charge is 0.330 e. The Labute approximate surface area is 103 Å². The van der Waals surface area contributed by atoms with Crippen LogP contribution in [0.2, 0.25) is 0 Å². The molecule has 0 aromatic carbocycles. The molecule has 1 atom stereocenters. The van der Waals surface area contributed by atoms with Crippen molar-refractivity contribution < 1.29 is 0 Å². The average molecular weight is 251 g/mol. The molecule has 0 fully saturated rings. The van der Waals surface area contributed by atoms with E-state index in [1.165, 1.54) is 4.57 Å². The third kappa shape index (κ3) is 1.62. The summed E-state index contributed by atoms with van der Waals surface area (Å²) >= 11 is 0. The van der Waals surface area contributed by atoms with Crippen LogP contribution < -0.4 is 16.6 Å². The summed E-state index contributed by atoms with van der Waals surface area (Å²) in [5.41, 5.74) is -0.00199. The maximum absolute atomic E-state index is 11.9. The first-order chi connectivity index (χ1) is 8.51. The molecule has 0 bridgehead atoms. The largest absolute Gasteiger partial charge is 0.359 e. The Morgan fingerprint density at radius 2 is 2.11 bits per heavy atom. The first-order valence-corrected chi connectivity index (χ1v) is 5.90. The second-order valence-corrected chi connectivity index (χ2v) is 4.30. The van der Waals surface area contributed by atoms with E-state index in [9.17, 15) is 9.59 Å². The zero-order chi connectivity index (χ0) is 13.4. The third-order valence-electron chi connectivity index (χ3n) is 3.21. The molecule has 0 radical (unpaired) electrons. The van der Waals surface area contributed by atoms with Gasteiger partial charge in [0, 0.05) is 20.1 Å². The van der Waals surface area contributed by atoms with Crippen molar-refractivity contribution >= 4 is 17.1 Å². The molecule has 0 aliphatic heterocycles. The van der Waals surface area contributed by atoms with Gasteiger partial charge in [-0.2, -0.15) is 4.98 Å². The average Bonchev–Trinajstić information content (AvgIpc) is 2.66. The Hall–Kier alpha value is -2.05. The van der Waals surface area contributed by atoms with Crippen LogP contribution in [0.5, 0.6) is 0 Å². The molecule has 0 aliphatic rings. The fourth-order valence-corrected chi connectivity index (χ4v) is 2.03. The maximum atomic E-state index is 11.9. The van der Waals surface area contributed by atoms with Crippen LogP contribution in [0.15, 0.2) is 9.59 Å². The van der Waals surface area contributed by atoms with Crippen LogP contribution in [0.25, 0.3) is 11.2 Å². The molecule has 1 unspecified atom stereocenters. The standard InChI is InChI=1S/C11H17N5O2/c1-5-6(2)16-8-7(9(17)14-11(16)18)15(4)10(12-3)13-8/h6H,5H2,1-4H3,(H,12,13)(H,14,17,18). The predicted molar refractivity (Wildman–Crippen MR) is 70.1 cm³/mol. The van der Waals surface area contributed by atoms with Gasteiger partial charge >= 0.3 is 5.69 Å². The predicted octanol–water partition coefficient (Wildman–Crippen LogP) is 0.436. The molecule has 2 aromatic rings. The van der Waals surface area contributed by atoms with E-state index < -0.39 is 11.2 Å². The molecular formula is C11H17N5O2. The zero-order valence-electron chi connectivity index (χ0n) is 10.9. The number of aromatic nitrogens is 4. The normalized spacial score (nSPS) is 12.9. The number of nitrogens with zero attached hydrogens (tertiary/aromatic N) is 3. The van der Waals surface area contributed by atoms with Crippen molar-refractivity contribution in [2.24, 2.45) is 7.05 Å². The first-order valence-electron chi connectivity index (χ1n) is 5.90. The number of nitrogens with one attached hydrogen (secondary N) is 2. The number of H-pyrrole nitrogens is 1. The fraction of sp³-hybridized carbons (Fsp3) is 0.545. The highest BCUT2D eigenvalue weighted by atomic mass is 16.2. The molecule has 98 valence electrons. The van der Waals surface area contributed by atoms with Gasteiger partial charge in [0.05, 0.1) is 0 Å². The van der Waals surface area contributed by atoms with E-state index in [2.05, 4.69) is 15.3 Å². The molecule has 18 heavy (non-hydrogen) atoms. The molecule has 0 saturated heterocycles. The molecule has 2 aromatic heterocycles. The van der Waals surface area contributed by atoms with E-state index in [1.807, 2.05) is 13.8 Å². The fourth-order valence-electron chi connectivity index (χ4n) is 2.03. The van der Waals surface area contributed by atoms with Gasteiger partial charge in [-0.05, 0) is 13.3 Å². The number of rotatable bonds is 3. The van der Waals surface area contributed by atoms with Gasteiger partial charge in [0.25, 0.3) is 5.56 Å². The molecule has 0 saturated carbocycles. The Kier molecular flexibility index (Phi) is 2.98. The van der Waals surface area contributed by atoms with Crippen molar-refractivity contribution in [2.75, 3.05) is 12.4 Å². The summed E-state index contributed by atoms with van der Waals surface area (Å²) in [4.78, 5) is 30.4. The van der Waals surface area contributed by atoms with E-state index in [0.717, 1.165) is 6.42 Å². The Morgan fingerprint density at radius 3 is 2.67 bits per heavy atom. The lowest BCUT2D eigenvalue weighted by Crippen LogP contribution is -2.32. The van der Waals surface area contributed by atoms with E-state index >= 15 is 0 Å². The van der Waals surface area contributed by atoms with Gasteiger partial charge < -0.3 is 9.88 Å². The Bertz CT molecular complexity index is 694.